The Labute approximate surface area is 216 Å². The van der Waals surface area contributed by atoms with Gasteiger partial charge in [-0.25, -0.2) is 9.97 Å². The summed E-state index contributed by atoms with van der Waals surface area (Å²) < 4.78 is 1.91. The molecule has 0 radical (unpaired) electrons. The molecule has 1 aliphatic rings. The zero-order valence-electron chi connectivity index (χ0n) is 20.6. The monoisotopic (exact) mass is 504 g/mol. The Balaban J connectivity index is 1.24. The minimum atomic E-state index is 0.0616. The number of carbonyl (C=O) groups excluding carboxylic acids is 1. The van der Waals surface area contributed by atoms with Crippen molar-refractivity contribution in [3.8, 4) is 28.5 Å². The van der Waals surface area contributed by atoms with Gasteiger partial charge in [0.25, 0.3) is 0 Å². The van der Waals surface area contributed by atoms with E-state index in [1.54, 1.807) is 37.3 Å². The van der Waals surface area contributed by atoms with Crippen molar-refractivity contribution in [1.29, 1.82) is 0 Å². The molecule has 6 heterocycles. The number of imidazole rings is 2. The van der Waals surface area contributed by atoms with Gasteiger partial charge >= 0.3 is 0 Å². The van der Waals surface area contributed by atoms with Crippen LogP contribution in [0.15, 0.2) is 55.6 Å². The number of fused-ring (bicyclic) bond motifs is 2. The molecule has 11 nitrogen and oxygen atoms in total. The highest BCUT2D eigenvalue weighted by Gasteiger charge is 2.23. The maximum absolute atomic E-state index is 12.6. The summed E-state index contributed by atoms with van der Waals surface area (Å²) in [5, 5.41) is 11.5. The molecule has 1 fully saturated rings. The zero-order valence-corrected chi connectivity index (χ0v) is 20.6. The molecule has 0 bridgehead atoms. The third-order valence-corrected chi connectivity index (χ3v) is 7.06. The number of hydrogen-bond donors (Lipinski definition) is 3. The van der Waals surface area contributed by atoms with E-state index < -0.39 is 0 Å². The molecule has 188 valence electrons. The lowest BCUT2D eigenvalue weighted by Gasteiger charge is -2.11. The van der Waals surface area contributed by atoms with Crippen molar-refractivity contribution in [3.63, 3.8) is 0 Å². The Morgan fingerprint density at radius 1 is 1.03 bits per heavy atom. The molecule has 0 aromatic carbocycles. The predicted molar refractivity (Wildman–Crippen MR) is 142 cm³/mol. The van der Waals surface area contributed by atoms with Crippen molar-refractivity contribution in [3.05, 3.63) is 61.3 Å². The number of nitrogens with zero attached hydrogens (tertiary/aromatic N) is 7. The van der Waals surface area contributed by atoms with Gasteiger partial charge in [-0.15, -0.1) is 0 Å². The molecule has 0 unspecified atom stereocenters. The molecule has 38 heavy (non-hydrogen) atoms. The molecule has 0 saturated heterocycles. The van der Waals surface area contributed by atoms with E-state index in [2.05, 4.69) is 40.4 Å². The highest BCUT2D eigenvalue weighted by Crippen LogP contribution is 2.31. The molecule has 6 aromatic heterocycles. The van der Waals surface area contributed by atoms with Crippen LogP contribution in [0.25, 0.3) is 50.4 Å². The first-order valence-electron chi connectivity index (χ1n) is 12.6. The second-order valence-corrected chi connectivity index (χ2v) is 9.68. The number of aromatic nitrogens is 9. The largest absolute Gasteiger partial charge is 0.335 e. The van der Waals surface area contributed by atoms with Crippen LogP contribution in [0.4, 0.5) is 5.69 Å². The second kappa shape index (κ2) is 8.87. The number of aryl methyl sites for hydroxylation is 1. The van der Waals surface area contributed by atoms with Crippen LogP contribution in [0, 0.1) is 12.8 Å². The first kappa shape index (κ1) is 22.3. The van der Waals surface area contributed by atoms with Crippen LogP contribution in [-0.4, -0.2) is 50.6 Å². The molecule has 11 heteroatoms. The van der Waals surface area contributed by atoms with Gasteiger partial charge in [0.1, 0.15) is 11.2 Å². The van der Waals surface area contributed by atoms with Crippen LogP contribution in [0.3, 0.4) is 0 Å². The summed E-state index contributed by atoms with van der Waals surface area (Å²) in [6.07, 6.45) is 16.5. The van der Waals surface area contributed by atoms with Gasteiger partial charge in [0.2, 0.25) is 5.91 Å². The SMILES string of the molecule is Cc1cn(-c2cncc3[nH]c(-c4n[nH]c5cnc(-c6cncc(NC(=O)C7CCCC7)c6)cc45)nc23)cn1. The van der Waals surface area contributed by atoms with Gasteiger partial charge in [-0.1, -0.05) is 12.8 Å². The highest BCUT2D eigenvalue weighted by atomic mass is 16.1. The van der Waals surface area contributed by atoms with E-state index >= 15 is 0 Å². The fourth-order valence-electron chi connectivity index (χ4n) is 5.11. The van der Waals surface area contributed by atoms with Gasteiger partial charge in [-0.3, -0.25) is 24.8 Å². The number of pyridine rings is 3. The number of H-pyrrole nitrogens is 2. The van der Waals surface area contributed by atoms with E-state index in [0.29, 0.717) is 17.2 Å². The predicted octanol–water partition coefficient (Wildman–Crippen LogP) is 4.58. The fourth-order valence-corrected chi connectivity index (χ4v) is 5.11. The molecule has 6 aromatic rings. The van der Waals surface area contributed by atoms with E-state index in [4.69, 9.17) is 4.98 Å². The Morgan fingerprint density at radius 2 is 1.89 bits per heavy atom. The molecule has 1 aliphatic carbocycles. The number of rotatable bonds is 5. The Hall–Kier alpha value is -4.93. The second-order valence-electron chi connectivity index (χ2n) is 9.68. The first-order chi connectivity index (χ1) is 18.6. The normalized spacial score (nSPS) is 14.0. The highest BCUT2D eigenvalue weighted by molar-refractivity contribution is 5.96. The van der Waals surface area contributed by atoms with Gasteiger partial charge in [0.15, 0.2) is 5.82 Å². The quantitative estimate of drug-likeness (QED) is 0.312. The van der Waals surface area contributed by atoms with Gasteiger partial charge in [-0.05, 0) is 31.9 Å². The third-order valence-electron chi connectivity index (χ3n) is 7.06. The average molecular weight is 505 g/mol. The molecule has 1 amide bonds. The zero-order chi connectivity index (χ0) is 25.6. The number of carbonyl (C=O) groups is 1. The maximum atomic E-state index is 12.6. The van der Waals surface area contributed by atoms with E-state index in [0.717, 1.165) is 70.3 Å². The van der Waals surface area contributed by atoms with Gasteiger partial charge in [0, 0.05) is 29.3 Å². The lowest BCUT2D eigenvalue weighted by molar-refractivity contribution is -0.119. The van der Waals surface area contributed by atoms with E-state index in [1.807, 2.05) is 29.8 Å². The van der Waals surface area contributed by atoms with Gasteiger partial charge in [-0.2, -0.15) is 5.10 Å². The lowest BCUT2D eigenvalue weighted by Crippen LogP contribution is -2.20. The third kappa shape index (κ3) is 3.88. The summed E-state index contributed by atoms with van der Waals surface area (Å²) in [5.41, 5.74) is 6.95. The molecule has 3 N–H and O–H groups in total. The summed E-state index contributed by atoms with van der Waals surface area (Å²) in [6.45, 7) is 1.94. The number of nitrogens with one attached hydrogen (secondary N) is 3. The number of hydrogen-bond acceptors (Lipinski definition) is 7. The molecule has 0 aliphatic heterocycles. The van der Waals surface area contributed by atoms with Crippen LogP contribution in [-0.2, 0) is 4.79 Å². The van der Waals surface area contributed by atoms with E-state index in [1.165, 1.54) is 0 Å². The summed E-state index contributed by atoms with van der Waals surface area (Å²) in [7, 11) is 0. The first-order valence-corrected chi connectivity index (χ1v) is 12.6. The van der Waals surface area contributed by atoms with E-state index in [-0.39, 0.29) is 11.8 Å². The van der Waals surface area contributed by atoms with Crippen molar-refractivity contribution >= 4 is 33.5 Å². The minimum absolute atomic E-state index is 0.0616. The maximum Gasteiger partial charge on any atom is 0.227 e. The Morgan fingerprint density at radius 3 is 2.74 bits per heavy atom. The van der Waals surface area contributed by atoms with Crippen LogP contribution in [0.1, 0.15) is 31.4 Å². The van der Waals surface area contributed by atoms with Crippen molar-refractivity contribution in [2.45, 2.75) is 32.6 Å². The van der Waals surface area contributed by atoms with Gasteiger partial charge in [0.05, 0.1) is 64.9 Å². The standard InChI is InChI=1S/C27H24N10O/c1-15-13-37(14-31-15)23-12-29-10-22-25(23)34-26(33-22)24-19-7-20(30-11-21(19)35-36-24)17-6-18(9-28-8-17)32-27(38)16-4-2-3-5-16/h6-14,16H,2-5H2,1H3,(H,32,38)(H,33,34)(H,35,36). The smallest absolute Gasteiger partial charge is 0.227 e. The number of aromatic amines is 2. The fraction of sp³-hybridized carbons (Fsp3) is 0.222. The van der Waals surface area contributed by atoms with Crippen molar-refractivity contribution < 1.29 is 4.79 Å². The molecule has 1 saturated carbocycles. The van der Waals surface area contributed by atoms with Crippen LogP contribution >= 0.6 is 0 Å². The summed E-state index contributed by atoms with van der Waals surface area (Å²) in [5.74, 6) is 0.760. The molecule has 0 spiro atoms. The minimum Gasteiger partial charge on any atom is -0.335 e. The average Bonchev–Trinajstić information content (AvgIpc) is 3.74. The molecule has 0 atom stereocenters. The summed E-state index contributed by atoms with van der Waals surface area (Å²) in [4.78, 5) is 38.5. The molecular formula is C27H24N10O. The van der Waals surface area contributed by atoms with Crippen molar-refractivity contribution in [2.24, 2.45) is 5.92 Å². The lowest BCUT2D eigenvalue weighted by atomic mass is 10.1. The number of anilines is 1. The molecule has 7 rings (SSSR count). The molecular weight excluding hydrogens is 480 g/mol. The Bertz CT molecular complexity index is 1810. The van der Waals surface area contributed by atoms with Crippen LogP contribution in [0.5, 0.6) is 0 Å². The summed E-state index contributed by atoms with van der Waals surface area (Å²) in [6, 6.07) is 3.86. The van der Waals surface area contributed by atoms with Crippen molar-refractivity contribution in [1.82, 2.24) is 44.7 Å². The van der Waals surface area contributed by atoms with Crippen LogP contribution in [0.2, 0.25) is 0 Å². The van der Waals surface area contributed by atoms with E-state index in [9.17, 15) is 4.79 Å². The summed E-state index contributed by atoms with van der Waals surface area (Å²) >= 11 is 0. The van der Waals surface area contributed by atoms with Crippen molar-refractivity contribution in [2.75, 3.05) is 5.32 Å². The number of amides is 1. The Kier molecular flexibility index (Phi) is 5.20. The van der Waals surface area contributed by atoms with Gasteiger partial charge < -0.3 is 14.9 Å². The topological polar surface area (TPSA) is 143 Å². The van der Waals surface area contributed by atoms with Crippen LogP contribution < -0.4 is 5.32 Å².